The van der Waals surface area contributed by atoms with Crippen molar-refractivity contribution < 1.29 is 22.0 Å². The van der Waals surface area contributed by atoms with Crippen LogP contribution in [0, 0.1) is 18.6 Å². The standard InChI is InChI=1S/C17H18F2N2O3S/c1-11-6-4-5-7-16(11)20-17(22)12(2)21(25(3,23)24)13-8-9-14(18)15(19)10-13/h4-10,12H,1-3H3,(H,20,22)/t12-/m1/s1. The number of para-hydroxylation sites is 1. The Morgan fingerprint density at radius 3 is 2.32 bits per heavy atom. The molecule has 0 saturated carbocycles. The zero-order valence-electron chi connectivity index (χ0n) is 14.0. The Labute approximate surface area is 145 Å². The van der Waals surface area contributed by atoms with Gasteiger partial charge in [-0.05, 0) is 37.6 Å². The van der Waals surface area contributed by atoms with Crippen molar-refractivity contribution in [2.45, 2.75) is 19.9 Å². The van der Waals surface area contributed by atoms with Crippen molar-refractivity contribution in [3.05, 3.63) is 59.7 Å². The molecule has 134 valence electrons. The fraction of sp³-hybridized carbons (Fsp3) is 0.235. The zero-order valence-corrected chi connectivity index (χ0v) is 14.8. The van der Waals surface area contributed by atoms with Crippen molar-refractivity contribution in [1.82, 2.24) is 0 Å². The summed E-state index contributed by atoms with van der Waals surface area (Å²) >= 11 is 0. The Bertz CT molecular complexity index is 901. The van der Waals surface area contributed by atoms with Crippen molar-refractivity contribution in [2.75, 3.05) is 15.9 Å². The largest absolute Gasteiger partial charge is 0.324 e. The van der Waals surface area contributed by atoms with Gasteiger partial charge >= 0.3 is 0 Å². The van der Waals surface area contributed by atoms with Crippen LogP contribution in [0.25, 0.3) is 0 Å². The summed E-state index contributed by atoms with van der Waals surface area (Å²) in [5, 5.41) is 2.65. The average molecular weight is 368 g/mol. The van der Waals surface area contributed by atoms with E-state index in [9.17, 15) is 22.0 Å². The van der Waals surface area contributed by atoms with Crippen LogP contribution in [0.5, 0.6) is 0 Å². The SMILES string of the molecule is Cc1ccccc1NC(=O)[C@@H](C)N(c1ccc(F)c(F)c1)S(C)(=O)=O. The molecule has 0 radical (unpaired) electrons. The van der Waals surface area contributed by atoms with Crippen LogP contribution >= 0.6 is 0 Å². The first-order chi connectivity index (χ1) is 11.6. The molecule has 0 aliphatic rings. The van der Waals surface area contributed by atoms with Gasteiger partial charge in [0, 0.05) is 11.8 Å². The first kappa shape index (κ1) is 18.9. The average Bonchev–Trinajstić information content (AvgIpc) is 2.51. The highest BCUT2D eigenvalue weighted by Crippen LogP contribution is 2.24. The van der Waals surface area contributed by atoms with Crippen LogP contribution < -0.4 is 9.62 Å². The predicted molar refractivity (Wildman–Crippen MR) is 93.0 cm³/mol. The molecule has 0 spiro atoms. The second-order valence-electron chi connectivity index (χ2n) is 5.64. The summed E-state index contributed by atoms with van der Waals surface area (Å²) in [5.74, 6) is -2.89. The molecule has 2 aromatic carbocycles. The summed E-state index contributed by atoms with van der Waals surface area (Å²) in [6, 6.07) is 8.51. The highest BCUT2D eigenvalue weighted by Gasteiger charge is 2.30. The Hall–Kier alpha value is -2.48. The molecule has 0 fully saturated rings. The third kappa shape index (κ3) is 4.33. The second kappa shape index (κ2) is 7.18. The van der Waals surface area contributed by atoms with Gasteiger partial charge in [-0.25, -0.2) is 17.2 Å². The second-order valence-corrected chi connectivity index (χ2v) is 7.50. The summed E-state index contributed by atoms with van der Waals surface area (Å²) < 4.78 is 51.6. The number of amides is 1. The molecule has 25 heavy (non-hydrogen) atoms. The minimum atomic E-state index is -3.91. The first-order valence-corrected chi connectivity index (χ1v) is 9.27. The molecule has 8 heteroatoms. The minimum Gasteiger partial charge on any atom is -0.324 e. The molecule has 1 amide bonds. The smallest absolute Gasteiger partial charge is 0.248 e. The summed E-state index contributed by atoms with van der Waals surface area (Å²) in [5.41, 5.74) is 1.22. The monoisotopic (exact) mass is 368 g/mol. The van der Waals surface area contributed by atoms with E-state index in [1.807, 2.05) is 0 Å². The molecule has 0 aliphatic carbocycles. The van der Waals surface area contributed by atoms with Gasteiger partial charge < -0.3 is 5.32 Å². The molecular formula is C17H18F2N2O3S. The van der Waals surface area contributed by atoms with E-state index in [4.69, 9.17) is 0 Å². The number of anilines is 2. The topological polar surface area (TPSA) is 66.5 Å². The number of carbonyl (C=O) groups excluding carboxylic acids is 1. The van der Waals surface area contributed by atoms with Gasteiger partial charge in [0.2, 0.25) is 15.9 Å². The summed E-state index contributed by atoms with van der Waals surface area (Å²) in [6.07, 6.45) is 0.895. The normalized spacial score (nSPS) is 12.5. The van der Waals surface area contributed by atoms with Crippen LogP contribution in [0.1, 0.15) is 12.5 Å². The lowest BCUT2D eigenvalue weighted by Gasteiger charge is -2.28. The van der Waals surface area contributed by atoms with Gasteiger partial charge in [-0.2, -0.15) is 0 Å². The molecule has 0 aromatic heterocycles. The Balaban J connectivity index is 2.36. The van der Waals surface area contributed by atoms with Gasteiger partial charge in [-0.1, -0.05) is 18.2 Å². The third-order valence-corrected chi connectivity index (χ3v) is 4.89. The number of sulfonamides is 1. The number of carbonyl (C=O) groups is 1. The van der Waals surface area contributed by atoms with Gasteiger partial charge in [0.25, 0.3) is 0 Å². The minimum absolute atomic E-state index is 0.131. The van der Waals surface area contributed by atoms with E-state index in [1.54, 1.807) is 31.2 Å². The highest BCUT2D eigenvalue weighted by atomic mass is 32.2. The molecule has 1 N–H and O–H groups in total. The number of halogens is 2. The fourth-order valence-corrected chi connectivity index (χ4v) is 3.55. The molecular weight excluding hydrogens is 350 g/mol. The summed E-state index contributed by atoms with van der Waals surface area (Å²) in [4.78, 5) is 12.5. The van der Waals surface area contributed by atoms with E-state index < -0.39 is 33.6 Å². The van der Waals surface area contributed by atoms with Gasteiger partial charge in [0.15, 0.2) is 11.6 Å². The Morgan fingerprint density at radius 1 is 1.12 bits per heavy atom. The summed E-state index contributed by atoms with van der Waals surface area (Å²) in [7, 11) is -3.91. The van der Waals surface area contributed by atoms with Crippen molar-refractivity contribution in [2.24, 2.45) is 0 Å². The zero-order chi connectivity index (χ0) is 18.8. The Morgan fingerprint density at radius 2 is 1.76 bits per heavy atom. The highest BCUT2D eigenvalue weighted by molar-refractivity contribution is 7.92. The van der Waals surface area contributed by atoms with E-state index in [0.29, 0.717) is 5.69 Å². The van der Waals surface area contributed by atoms with Crippen molar-refractivity contribution in [1.29, 1.82) is 0 Å². The van der Waals surface area contributed by atoms with Crippen LogP contribution in [0.4, 0.5) is 20.2 Å². The van der Waals surface area contributed by atoms with Crippen LogP contribution in [0.15, 0.2) is 42.5 Å². The number of nitrogens with one attached hydrogen (secondary N) is 1. The molecule has 0 bridgehead atoms. The van der Waals surface area contributed by atoms with Crippen molar-refractivity contribution in [3.63, 3.8) is 0 Å². The molecule has 1 atom stereocenters. The number of benzene rings is 2. The quantitative estimate of drug-likeness (QED) is 0.882. The van der Waals surface area contributed by atoms with E-state index in [0.717, 1.165) is 34.3 Å². The molecule has 2 aromatic rings. The van der Waals surface area contributed by atoms with Crippen LogP contribution in [0.2, 0.25) is 0 Å². The summed E-state index contributed by atoms with van der Waals surface area (Å²) in [6.45, 7) is 3.17. The molecule has 5 nitrogen and oxygen atoms in total. The lowest BCUT2D eigenvalue weighted by Crippen LogP contribution is -2.45. The number of nitrogens with zero attached hydrogens (tertiary/aromatic N) is 1. The van der Waals surface area contributed by atoms with Gasteiger partial charge in [0.1, 0.15) is 6.04 Å². The molecule has 0 heterocycles. The maximum Gasteiger partial charge on any atom is 0.248 e. The van der Waals surface area contributed by atoms with Crippen LogP contribution in [-0.2, 0) is 14.8 Å². The fourth-order valence-electron chi connectivity index (χ4n) is 2.38. The van der Waals surface area contributed by atoms with Crippen molar-refractivity contribution in [3.8, 4) is 0 Å². The number of hydrogen-bond acceptors (Lipinski definition) is 3. The number of aryl methyl sites for hydroxylation is 1. The maximum atomic E-state index is 13.5. The molecule has 0 unspecified atom stereocenters. The van der Waals surface area contributed by atoms with Gasteiger partial charge in [0.05, 0.1) is 11.9 Å². The lowest BCUT2D eigenvalue weighted by molar-refractivity contribution is -0.116. The van der Waals surface area contributed by atoms with Crippen LogP contribution in [-0.4, -0.2) is 26.6 Å². The Kier molecular flexibility index (Phi) is 5.42. The number of rotatable bonds is 5. The van der Waals surface area contributed by atoms with Crippen LogP contribution in [0.3, 0.4) is 0 Å². The number of hydrogen-bond donors (Lipinski definition) is 1. The third-order valence-electron chi connectivity index (χ3n) is 3.65. The van der Waals surface area contributed by atoms with Gasteiger partial charge in [-0.15, -0.1) is 0 Å². The van der Waals surface area contributed by atoms with E-state index in [1.165, 1.54) is 6.92 Å². The maximum absolute atomic E-state index is 13.5. The van der Waals surface area contributed by atoms with Gasteiger partial charge in [-0.3, -0.25) is 9.10 Å². The van der Waals surface area contributed by atoms with E-state index in [-0.39, 0.29) is 5.69 Å². The molecule has 0 saturated heterocycles. The van der Waals surface area contributed by atoms with E-state index >= 15 is 0 Å². The molecule has 0 aliphatic heterocycles. The predicted octanol–water partition coefficient (Wildman–Crippen LogP) is 3.07. The molecule has 2 rings (SSSR count). The van der Waals surface area contributed by atoms with E-state index in [2.05, 4.69) is 5.32 Å². The van der Waals surface area contributed by atoms with Crippen molar-refractivity contribution >= 4 is 27.3 Å². The lowest BCUT2D eigenvalue weighted by atomic mass is 10.2. The first-order valence-electron chi connectivity index (χ1n) is 7.42.